The van der Waals surface area contributed by atoms with Gasteiger partial charge in [0.05, 0.1) is 6.26 Å². The maximum absolute atomic E-state index is 11.8. The predicted molar refractivity (Wildman–Crippen MR) is 75.0 cm³/mol. The molecule has 5 heteroatoms. The van der Waals surface area contributed by atoms with Crippen molar-refractivity contribution < 1.29 is 9.21 Å². The molecule has 1 aliphatic heterocycles. The average molecular weight is 274 g/mol. The van der Waals surface area contributed by atoms with E-state index >= 15 is 0 Å². The Morgan fingerprint density at radius 3 is 2.74 bits per heavy atom. The minimum atomic E-state index is -0.526. The molecule has 0 saturated carbocycles. The largest absolute Gasteiger partial charge is 0.467 e. The van der Waals surface area contributed by atoms with Crippen molar-refractivity contribution in [3.05, 3.63) is 54.5 Å². The van der Waals surface area contributed by atoms with E-state index in [2.05, 4.69) is 17.6 Å². The fourth-order valence-corrected chi connectivity index (χ4v) is 4.79. The fourth-order valence-electron chi connectivity index (χ4n) is 2.32. The summed E-state index contributed by atoms with van der Waals surface area (Å²) in [5.74, 6) is 0.836. The van der Waals surface area contributed by atoms with Gasteiger partial charge in [0.25, 0.3) is 0 Å². The maximum atomic E-state index is 11.8. The highest BCUT2D eigenvalue weighted by atomic mass is 31.1. The predicted octanol–water partition coefficient (Wildman–Crippen LogP) is 2.41. The molecule has 2 atom stereocenters. The topological polar surface area (TPSA) is 45.5 Å². The van der Waals surface area contributed by atoms with Gasteiger partial charge < -0.3 is 4.42 Å². The molecule has 1 amide bonds. The lowest BCUT2D eigenvalue weighted by Crippen LogP contribution is -2.36. The van der Waals surface area contributed by atoms with Crippen LogP contribution in [0.5, 0.6) is 0 Å². The number of hydrazine groups is 1. The van der Waals surface area contributed by atoms with E-state index < -0.39 is 7.92 Å². The Morgan fingerprint density at radius 2 is 2.11 bits per heavy atom. The summed E-state index contributed by atoms with van der Waals surface area (Å²) < 4.78 is 5.53. The number of nitrogens with one attached hydrogen (secondary N) is 1. The molecule has 0 spiro atoms. The number of furan rings is 1. The van der Waals surface area contributed by atoms with Gasteiger partial charge in [0.2, 0.25) is 5.91 Å². The van der Waals surface area contributed by atoms with E-state index in [1.807, 2.05) is 30.3 Å². The number of carbonyl (C=O) groups excluding carboxylic acids is 1. The summed E-state index contributed by atoms with van der Waals surface area (Å²) in [6.07, 6.45) is 2.45. The standard InChI is InChI=1S/C14H15N2O2P/c1-11(17)16-14(13-8-5-9-18-13)19(10-15-16)12-6-3-2-4-7-12/h2-9,14-15H,10H2,1H3/t14-,19?/m0/s1. The Balaban J connectivity index is 1.98. The van der Waals surface area contributed by atoms with Gasteiger partial charge in [-0.3, -0.25) is 9.80 Å². The van der Waals surface area contributed by atoms with E-state index in [0.29, 0.717) is 0 Å². The molecule has 19 heavy (non-hydrogen) atoms. The van der Waals surface area contributed by atoms with Crippen LogP contribution >= 0.6 is 7.92 Å². The Morgan fingerprint density at radius 1 is 1.32 bits per heavy atom. The minimum absolute atomic E-state index is 0.0160. The molecule has 1 aromatic heterocycles. The van der Waals surface area contributed by atoms with Crippen molar-refractivity contribution in [1.29, 1.82) is 0 Å². The molecule has 98 valence electrons. The molecule has 3 rings (SSSR count). The molecule has 2 heterocycles. The van der Waals surface area contributed by atoms with Gasteiger partial charge in [0.1, 0.15) is 11.5 Å². The summed E-state index contributed by atoms with van der Waals surface area (Å²) >= 11 is 0. The smallest absolute Gasteiger partial charge is 0.234 e. The molecule has 1 aliphatic rings. The normalized spacial score (nSPS) is 22.7. The molecular weight excluding hydrogens is 259 g/mol. The van der Waals surface area contributed by atoms with Crippen molar-refractivity contribution >= 4 is 19.1 Å². The number of nitrogens with zero attached hydrogens (tertiary/aromatic N) is 1. The monoisotopic (exact) mass is 274 g/mol. The first-order chi connectivity index (χ1) is 9.27. The lowest BCUT2D eigenvalue weighted by atomic mass is 10.4. The van der Waals surface area contributed by atoms with E-state index in [1.54, 1.807) is 18.2 Å². The van der Waals surface area contributed by atoms with E-state index in [4.69, 9.17) is 4.42 Å². The van der Waals surface area contributed by atoms with Gasteiger partial charge in [-0.1, -0.05) is 30.3 Å². The zero-order chi connectivity index (χ0) is 13.2. The second-order valence-corrected chi connectivity index (χ2v) is 6.66. The number of rotatable bonds is 2. The van der Waals surface area contributed by atoms with Crippen LogP contribution in [0.1, 0.15) is 18.5 Å². The average Bonchev–Trinajstić information content (AvgIpc) is 3.08. The van der Waals surface area contributed by atoms with E-state index in [1.165, 1.54) is 5.30 Å². The van der Waals surface area contributed by atoms with Crippen molar-refractivity contribution in [3.63, 3.8) is 0 Å². The van der Waals surface area contributed by atoms with Crippen molar-refractivity contribution in [2.75, 3.05) is 6.29 Å². The second-order valence-electron chi connectivity index (χ2n) is 4.40. The maximum Gasteiger partial charge on any atom is 0.234 e. The Labute approximate surface area is 113 Å². The van der Waals surface area contributed by atoms with Gasteiger partial charge in [-0.05, 0) is 25.4 Å². The summed E-state index contributed by atoms with van der Waals surface area (Å²) in [5, 5.41) is 2.97. The quantitative estimate of drug-likeness (QED) is 0.855. The third-order valence-corrected chi connectivity index (χ3v) is 5.70. The number of benzene rings is 1. The molecule has 4 nitrogen and oxygen atoms in total. The van der Waals surface area contributed by atoms with Crippen molar-refractivity contribution in [3.8, 4) is 0 Å². The van der Waals surface area contributed by atoms with Crippen LogP contribution in [0.25, 0.3) is 0 Å². The van der Waals surface area contributed by atoms with Crippen molar-refractivity contribution in [2.45, 2.75) is 12.7 Å². The minimum Gasteiger partial charge on any atom is -0.467 e. The molecule has 1 saturated heterocycles. The number of amides is 1. The molecule has 0 aliphatic carbocycles. The first kappa shape index (κ1) is 12.4. The van der Waals surface area contributed by atoms with Crippen LogP contribution in [0, 0.1) is 0 Å². The summed E-state index contributed by atoms with van der Waals surface area (Å²) in [6, 6.07) is 14.1. The lowest BCUT2D eigenvalue weighted by Gasteiger charge is -2.24. The number of hydrogen-bond acceptors (Lipinski definition) is 3. The highest BCUT2D eigenvalue weighted by molar-refractivity contribution is 7.66. The van der Waals surface area contributed by atoms with Crippen molar-refractivity contribution in [2.24, 2.45) is 0 Å². The van der Waals surface area contributed by atoms with Gasteiger partial charge in [0.15, 0.2) is 0 Å². The van der Waals surface area contributed by atoms with Crippen LogP contribution in [0.3, 0.4) is 0 Å². The molecule has 1 aromatic carbocycles. The van der Waals surface area contributed by atoms with Gasteiger partial charge in [-0.15, -0.1) is 0 Å². The SMILES string of the molecule is CC(=O)N1NCP(c2ccccc2)[C@H]1c1ccco1. The van der Waals surface area contributed by atoms with Crippen LogP contribution in [-0.4, -0.2) is 17.2 Å². The van der Waals surface area contributed by atoms with Gasteiger partial charge >= 0.3 is 0 Å². The van der Waals surface area contributed by atoms with E-state index in [-0.39, 0.29) is 11.7 Å². The number of carbonyl (C=O) groups is 1. The zero-order valence-electron chi connectivity index (χ0n) is 10.6. The molecule has 2 aromatic rings. The number of hydrogen-bond donors (Lipinski definition) is 1. The summed E-state index contributed by atoms with van der Waals surface area (Å²) in [4.78, 5) is 11.8. The Hall–Kier alpha value is -1.64. The van der Waals surface area contributed by atoms with Crippen LogP contribution in [0.15, 0.2) is 53.1 Å². The van der Waals surface area contributed by atoms with Crippen LogP contribution in [-0.2, 0) is 4.79 Å². The van der Waals surface area contributed by atoms with Crippen LogP contribution in [0.2, 0.25) is 0 Å². The van der Waals surface area contributed by atoms with Gasteiger partial charge in [-0.25, -0.2) is 5.43 Å². The third kappa shape index (κ3) is 2.29. The summed E-state index contributed by atoms with van der Waals surface area (Å²) in [6.45, 7) is 1.58. The van der Waals surface area contributed by atoms with Gasteiger partial charge in [-0.2, -0.15) is 0 Å². The van der Waals surface area contributed by atoms with E-state index in [9.17, 15) is 4.79 Å². The molecule has 1 N–H and O–H groups in total. The fraction of sp³-hybridized carbons (Fsp3) is 0.214. The van der Waals surface area contributed by atoms with Crippen LogP contribution in [0.4, 0.5) is 0 Å². The zero-order valence-corrected chi connectivity index (χ0v) is 11.5. The lowest BCUT2D eigenvalue weighted by molar-refractivity contribution is -0.132. The first-order valence-corrected chi connectivity index (χ1v) is 7.75. The van der Waals surface area contributed by atoms with Crippen molar-refractivity contribution in [1.82, 2.24) is 10.4 Å². The third-order valence-electron chi connectivity index (χ3n) is 3.18. The summed E-state index contributed by atoms with van der Waals surface area (Å²) in [5.41, 5.74) is 3.20. The Kier molecular flexibility index (Phi) is 3.36. The molecule has 1 unspecified atom stereocenters. The van der Waals surface area contributed by atoms with Gasteiger partial charge in [0, 0.05) is 13.2 Å². The van der Waals surface area contributed by atoms with E-state index in [0.717, 1.165) is 12.0 Å². The molecule has 0 bridgehead atoms. The Bertz CT molecular complexity index is 556. The molecule has 1 fully saturated rings. The second kappa shape index (κ2) is 5.16. The highest BCUT2D eigenvalue weighted by Crippen LogP contribution is 2.54. The highest BCUT2D eigenvalue weighted by Gasteiger charge is 2.39. The molecule has 0 radical (unpaired) electrons. The van der Waals surface area contributed by atoms with Crippen LogP contribution < -0.4 is 10.7 Å². The summed E-state index contributed by atoms with van der Waals surface area (Å²) in [7, 11) is -0.526. The first-order valence-electron chi connectivity index (χ1n) is 6.16. The molecular formula is C14H15N2O2P.